The summed E-state index contributed by atoms with van der Waals surface area (Å²) in [5.41, 5.74) is 5.02. The largest absolute Gasteiger partial charge is 0.496 e. The molecule has 0 fully saturated rings. The lowest BCUT2D eigenvalue weighted by atomic mass is 9.86. The Morgan fingerprint density at radius 3 is 2.11 bits per heavy atom. The van der Waals surface area contributed by atoms with Crippen LogP contribution in [0.3, 0.4) is 0 Å². The SMILES string of the molecule is COc1c(CC(C)(C)C)cccc1-c1cccc(CO[Si](C)(C)C(C)(C)C)c1. The van der Waals surface area contributed by atoms with Crippen LogP contribution in [-0.2, 0) is 17.5 Å². The molecule has 0 aliphatic rings. The molecule has 2 aromatic carbocycles. The lowest BCUT2D eigenvalue weighted by molar-refractivity contribution is 0.276. The topological polar surface area (TPSA) is 18.5 Å². The van der Waals surface area contributed by atoms with E-state index in [1.54, 1.807) is 7.11 Å². The van der Waals surface area contributed by atoms with E-state index in [1.807, 2.05) is 0 Å². The molecule has 0 aromatic heterocycles. The highest BCUT2D eigenvalue weighted by molar-refractivity contribution is 6.74. The van der Waals surface area contributed by atoms with Gasteiger partial charge in [0.05, 0.1) is 13.7 Å². The smallest absolute Gasteiger partial charge is 0.192 e. The summed E-state index contributed by atoms with van der Waals surface area (Å²) in [4.78, 5) is 0. The summed E-state index contributed by atoms with van der Waals surface area (Å²) in [6, 6.07) is 15.1. The van der Waals surface area contributed by atoms with Crippen molar-refractivity contribution in [2.45, 2.75) is 72.7 Å². The third kappa shape index (κ3) is 5.71. The highest BCUT2D eigenvalue weighted by Crippen LogP contribution is 2.38. The van der Waals surface area contributed by atoms with Crippen LogP contribution in [-0.4, -0.2) is 15.4 Å². The highest BCUT2D eigenvalue weighted by atomic mass is 28.4. The van der Waals surface area contributed by atoms with Crippen LogP contribution in [0, 0.1) is 5.41 Å². The number of methoxy groups -OCH3 is 1. The molecule has 3 heteroatoms. The fourth-order valence-electron chi connectivity index (χ4n) is 3.07. The maximum atomic E-state index is 6.42. The second-order valence-electron chi connectivity index (χ2n) is 10.5. The van der Waals surface area contributed by atoms with Crippen LogP contribution in [0.4, 0.5) is 0 Å². The van der Waals surface area contributed by atoms with Gasteiger partial charge in [-0.3, -0.25) is 0 Å². The van der Waals surface area contributed by atoms with Crippen molar-refractivity contribution in [3.05, 3.63) is 53.6 Å². The summed E-state index contributed by atoms with van der Waals surface area (Å²) in [5, 5.41) is 0.217. The Morgan fingerprint density at radius 1 is 0.893 bits per heavy atom. The zero-order chi connectivity index (χ0) is 21.2. The Hall–Kier alpha value is -1.58. The van der Waals surface area contributed by atoms with Gasteiger partial charge in [-0.05, 0) is 52.7 Å². The van der Waals surface area contributed by atoms with E-state index in [0.29, 0.717) is 6.61 Å². The van der Waals surface area contributed by atoms with Gasteiger partial charge in [0, 0.05) is 5.56 Å². The van der Waals surface area contributed by atoms with Crippen LogP contribution in [0.25, 0.3) is 11.1 Å². The lowest BCUT2D eigenvalue weighted by Gasteiger charge is -2.36. The summed E-state index contributed by atoms with van der Waals surface area (Å²) >= 11 is 0. The van der Waals surface area contributed by atoms with E-state index in [-0.39, 0.29) is 10.5 Å². The summed E-state index contributed by atoms with van der Waals surface area (Å²) in [5.74, 6) is 0.986. The van der Waals surface area contributed by atoms with Gasteiger partial charge in [-0.1, -0.05) is 77.9 Å². The van der Waals surface area contributed by atoms with Gasteiger partial charge < -0.3 is 9.16 Å². The van der Waals surface area contributed by atoms with Gasteiger partial charge >= 0.3 is 0 Å². The summed E-state index contributed by atoms with van der Waals surface area (Å²) in [7, 11) is 0.0106. The molecule has 0 unspecified atom stereocenters. The second-order valence-corrected chi connectivity index (χ2v) is 15.3. The van der Waals surface area contributed by atoms with Crippen molar-refractivity contribution >= 4 is 8.32 Å². The van der Waals surface area contributed by atoms with E-state index in [1.165, 1.54) is 16.7 Å². The molecule has 2 aromatic rings. The fraction of sp³-hybridized carbons (Fsp3) is 0.520. The van der Waals surface area contributed by atoms with Crippen LogP contribution < -0.4 is 4.74 Å². The highest BCUT2D eigenvalue weighted by Gasteiger charge is 2.37. The van der Waals surface area contributed by atoms with E-state index in [2.05, 4.69) is 97.1 Å². The minimum absolute atomic E-state index is 0.213. The Bertz CT molecular complexity index is 795. The molecule has 2 rings (SSSR count). The Kier molecular flexibility index (Phi) is 6.83. The number of hydrogen-bond donors (Lipinski definition) is 0. The third-order valence-electron chi connectivity index (χ3n) is 5.67. The van der Waals surface area contributed by atoms with E-state index in [9.17, 15) is 0 Å². The van der Waals surface area contributed by atoms with Crippen molar-refractivity contribution in [1.82, 2.24) is 0 Å². The molecule has 28 heavy (non-hydrogen) atoms. The molecule has 0 bridgehead atoms. The van der Waals surface area contributed by atoms with E-state index in [4.69, 9.17) is 9.16 Å². The van der Waals surface area contributed by atoms with Crippen molar-refractivity contribution in [1.29, 1.82) is 0 Å². The Labute approximate surface area is 173 Å². The molecule has 0 N–H and O–H groups in total. The predicted molar refractivity (Wildman–Crippen MR) is 124 cm³/mol. The normalized spacial score (nSPS) is 12.9. The third-order valence-corrected chi connectivity index (χ3v) is 10.1. The standard InChI is InChI=1S/C25H38O2Si/c1-24(2,3)17-21-14-11-15-22(23(21)26-7)20-13-10-12-19(16-20)18-27-28(8,9)25(4,5)6/h10-16H,17-18H2,1-9H3. The molecule has 0 aliphatic carbocycles. The predicted octanol–water partition coefficient (Wildman–Crippen LogP) is 7.47. The molecule has 0 aliphatic heterocycles. The lowest BCUT2D eigenvalue weighted by Crippen LogP contribution is -2.40. The van der Waals surface area contributed by atoms with Crippen molar-refractivity contribution < 1.29 is 9.16 Å². The molecule has 0 saturated carbocycles. The number of ether oxygens (including phenoxy) is 1. The monoisotopic (exact) mass is 398 g/mol. The van der Waals surface area contributed by atoms with E-state index < -0.39 is 8.32 Å². The van der Waals surface area contributed by atoms with Gasteiger partial charge in [0.1, 0.15) is 5.75 Å². The summed E-state index contributed by atoms with van der Waals surface area (Å²) in [6.45, 7) is 18.9. The van der Waals surface area contributed by atoms with E-state index in [0.717, 1.165) is 17.7 Å². The van der Waals surface area contributed by atoms with Crippen LogP contribution in [0.5, 0.6) is 5.75 Å². The molecular weight excluding hydrogens is 360 g/mol. The maximum Gasteiger partial charge on any atom is 0.192 e. The molecule has 0 atom stereocenters. The van der Waals surface area contributed by atoms with Gasteiger partial charge in [0.2, 0.25) is 0 Å². The maximum absolute atomic E-state index is 6.42. The molecule has 2 nitrogen and oxygen atoms in total. The molecule has 0 spiro atoms. The number of hydrogen-bond acceptors (Lipinski definition) is 2. The van der Waals surface area contributed by atoms with Crippen molar-refractivity contribution in [3.8, 4) is 16.9 Å². The van der Waals surface area contributed by atoms with Crippen molar-refractivity contribution in [2.24, 2.45) is 5.41 Å². The van der Waals surface area contributed by atoms with Crippen LogP contribution in [0.2, 0.25) is 18.1 Å². The molecule has 154 valence electrons. The van der Waals surface area contributed by atoms with Gasteiger partial charge in [0.15, 0.2) is 8.32 Å². The first kappa shape index (κ1) is 22.7. The average molecular weight is 399 g/mol. The van der Waals surface area contributed by atoms with Crippen molar-refractivity contribution in [2.75, 3.05) is 7.11 Å². The molecule has 0 heterocycles. The van der Waals surface area contributed by atoms with Gasteiger partial charge in [-0.25, -0.2) is 0 Å². The first-order valence-electron chi connectivity index (χ1n) is 10.2. The quantitative estimate of drug-likeness (QED) is 0.470. The van der Waals surface area contributed by atoms with Crippen LogP contribution in [0.15, 0.2) is 42.5 Å². The molecular formula is C25H38O2Si. The van der Waals surface area contributed by atoms with Crippen LogP contribution in [0.1, 0.15) is 52.7 Å². The minimum Gasteiger partial charge on any atom is -0.496 e. The van der Waals surface area contributed by atoms with Crippen molar-refractivity contribution in [3.63, 3.8) is 0 Å². The first-order valence-corrected chi connectivity index (χ1v) is 13.1. The number of benzene rings is 2. The number of para-hydroxylation sites is 1. The summed E-state index contributed by atoms with van der Waals surface area (Å²) in [6.07, 6.45) is 0.984. The van der Waals surface area contributed by atoms with Gasteiger partial charge in [0.25, 0.3) is 0 Å². The number of rotatable bonds is 6. The minimum atomic E-state index is -1.76. The van der Waals surface area contributed by atoms with Crippen LogP contribution >= 0.6 is 0 Å². The Balaban J connectivity index is 2.32. The van der Waals surface area contributed by atoms with Gasteiger partial charge in [-0.15, -0.1) is 0 Å². The zero-order valence-electron chi connectivity index (χ0n) is 19.3. The second kappa shape index (κ2) is 8.42. The molecule has 0 saturated heterocycles. The summed E-state index contributed by atoms with van der Waals surface area (Å²) < 4.78 is 12.3. The fourth-order valence-corrected chi connectivity index (χ4v) is 4.03. The molecule has 0 amide bonds. The zero-order valence-corrected chi connectivity index (χ0v) is 20.3. The Morgan fingerprint density at radius 2 is 1.54 bits per heavy atom. The van der Waals surface area contributed by atoms with Gasteiger partial charge in [-0.2, -0.15) is 0 Å². The average Bonchev–Trinajstić information content (AvgIpc) is 2.58. The first-order chi connectivity index (χ1) is 12.8. The molecule has 0 radical (unpaired) electrons. The van der Waals surface area contributed by atoms with E-state index >= 15 is 0 Å².